The molecular weight excluding hydrogens is 282 g/mol. The third-order valence-electron chi connectivity index (χ3n) is 3.31. The van der Waals surface area contributed by atoms with Crippen molar-refractivity contribution in [2.75, 3.05) is 37.3 Å². The monoisotopic (exact) mass is 297 g/mol. The molecule has 1 aromatic carbocycles. The quantitative estimate of drug-likeness (QED) is 0.803. The molecule has 0 aromatic heterocycles. The van der Waals surface area contributed by atoms with E-state index in [4.69, 9.17) is 17.3 Å². The second kappa shape index (κ2) is 5.58. The summed E-state index contributed by atoms with van der Waals surface area (Å²) < 4.78 is 0. The predicted octanol–water partition coefficient (Wildman–Crippen LogP) is 1.29. The number of carboxylic acid groups (broad SMARTS) is 1. The van der Waals surface area contributed by atoms with E-state index in [-0.39, 0.29) is 28.7 Å². The topological polar surface area (TPSA) is 86.9 Å². The van der Waals surface area contributed by atoms with Crippen LogP contribution in [0.3, 0.4) is 0 Å². The first-order valence-corrected chi connectivity index (χ1v) is 6.59. The molecule has 0 aliphatic carbocycles. The standard InChI is InChI=1S/C13H16ClN3O3/c1-16-3-2-4-17(7-11(16)18)12-9(13(19)20)5-8(15)6-10(12)14/h5-6H,2-4,7,15H2,1H3,(H,19,20). The lowest BCUT2D eigenvalue weighted by Crippen LogP contribution is -2.35. The second-order valence-corrected chi connectivity index (χ2v) is 5.20. The first-order valence-electron chi connectivity index (χ1n) is 6.21. The number of benzene rings is 1. The maximum Gasteiger partial charge on any atom is 0.337 e. The van der Waals surface area contributed by atoms with E-state index in [9.17, 15) is 14.7 Å². The summed E-state index contributed by atoms with van der Waals surface area (Å²) in [5, 5.41) is 9.55. The molecule has 1 heterocycles. The number of amides is 1. The third-order valence-corrected chi connectivity index (χ3v) is 3.59. The Balaban J connectivity index is 2.46. The van der Waals surface area contributed by atoms with Crippen molar-refractivity contribution >= 4 is 34.9 Å². The lowest BCUT2D eigenvalue weighted by Gasteiger charge is -2.25. The highest BCUT2D eigenvalue weighted by Crippen LogP contribution is 2.33. The fraction of sp³-hybridized carbons (Fsp3) is 0.385. The van der Waals surface area contributed by atoms with Gasteiger partial charge in [-0.15, -0.1) is 0 Å². The average Bonchev–Trinajstić information content (AvgIpc) is 2.51. The van der Waals surface area contributed by atoms with E-state index < -0.39 is 5.97 Å². The number of halogens is 1. The summed E-state index contributed by atoms with van der Waals surface area (Å²) in [6, 6.07) is 2.87. The first kappa shape index (κ1) is 14.5. The van der Waals surface area contributed by atoms with Crippen LogP contribution >= 0.6 is 11.6 Å². The van der Waals surface area contributed by atoms with Gasteiger partial charge < -0.3 is 20.6 Å². The molecule has 1 fully saturated rings. The Morgan fingerprint density at radius 2 is 2.10 bits per heavy atom. The van der Waals surface area contributed by atoms with Gasteiger partial charge in [-0.05, 0) is 18.6 Å². The molecule has 6 nitrogen and oxygen atoms in total. The van der Waals surface area contributed by atoms with Crippen molar-refractivity contribution in [2.45, 2.75) is 6.42 Å². The molecule has 1 amide bonds. The molecule has 20 heavy (non-hydrogen) atoms. The zero-order chi connectivity index (χ0) is 14.9. The Morgan fingerprint density at radius 1 is 1.40 bits per heavy atom. The van der Waals surface area contributed by atoms with Crippen molar-refractivity contribution in [3.63, 3.8) is 0 Å². The number of hydrogen-bond acceptors (Lipinski definition) is 4. The first-order chi connectivity index (χ1) is 9.40. The molecule has 1 aromatic rings. The number of hydrogen-bond donors (Lipinski definition) is 2. The maximum atomic E-state index is 11.9. The van der Waals surface area contributed by atoms with Gasteiger partial charge in [0.05, 0.1) is 22.8 Å². The van der Waals surface area contributed by atoms with Crippen molar-refractivity contribution in [2.24, 2.45) is 0 Å². The van der Waals surface area contributed by atoms with Crippen LogP contribution in [0.25, 0.3) is 0 Å². The molecule has 0 saturated carbocycles. The molecule has 7 heteroatoms. The smallest absolute Gasteiger partial charge is 0.337 e. The highest BCUT2D eigenvalue weighted by atomic mass is 35.5. The Kier molecular flexibility index (Phi) is 4.04. The molecule has 0 atom stereocenters. The van der Waals surface area contributed by atoms with E-state index in [1.807, 2.05) is 0 Å². The van der Waals surface area contributed by atoms with Crippen LogP contribution in [0.15, 0.2) is 12.1 Å². The number of likely N-dealkylation sites (N-methyl/N-ethyl adjacent to an activating group) is 1. The van der Waals surface area contributed by atoms with E-state index >= 15 is 0 Å². The Labute approximate surface area is 121 Å². The highest BCUT2D eigenvalue weighted by Gasteiger charge is 2.25. The van der Waals surface area contributed by atoms with Crippen molar-refractivity contribution in [1.82, 2.24) is 4.90 Å². The SMILES string of the molecule is CN1CCCN(c2c(Cl)cc(N)cc2C(=O)O)CC1=O. The number of nitrogens with two attached hydrogens (primary N) is 1. The van der Waals surface area contributed by atoms with Gasteiger partial charge in [0.25, 0.3) is 0 Å². The van der Waals surface area contributed by atoms with Crippen LogP contribution in [0, 0.1) is 0 Å². The van der Waals surface area contributed by atoms with E-state index in [0.717, 1.165) is 6.42 Å². The van der Waals surface area contributed by atoms with Crippen LogP contribution in [0.1, 0.15) is 16.8 Å². The third kappa shape index (κ3) is 2.80. The minimum Gasteiger partial charge on any atom is -0.478 e. The van der Waals surface area contributed by atoms with Crippen LogP contribution in [-0.2, 0) is 4.79 Å². The van der Waals surface area contributed by atoms with Crippen molar-refractivity contribution in [1.29, 1.82) is 0 Å². The van der Waals surface area contributed by atoms with E-state index in [2.05, 4.69) is 0 Å². The van der Waals surface area contributed by atoms with Gasteiger partial charge in [0.2, 0.25) is 5.91 Å². The fourth-order valence-electron chi connectivity index (χ4n) is 2.28. The summed E-state index contributed by atoms with van der Waals surface area (Å²) in [6.07, 6.45) is 0.752. The molecule has 108 valence electrons. The van der Waals surface area contributed by atoms with Gasteiger partial charge in [-0.3, -0.25) is 4.79 Å². The minimum absolute atomic E-state index is 0.0207. The van der Waals surface area contributed by atoms with Gasteiger partial charge in [0.15, 0.2) is 0 Å². The number of nitrogen functional groups attached to an aromatic ring is 1. The molecule has 1 aliphatic heterocycles. The zero-order valence-corrected chi connectivity index (χ0v) is 11.9. The van der Waals surface area contributed by atoms with Gasteiger partial charge in [-0.1, -0.05) is 11.6 Å². The Bertz CT molecular complexity index is 562. The molecule has 1 aliphatic rings. The van der Waals surface area contributed by atoms with Crippen LogP contribution in [0.5, 0.6) is 0 Å². The summed E-state index contributed by atoms with van der Waals surface area (Å²) in [5.74, 6) is -1.18. The lowest BCUT2D eigenvalue weighted by molar-refractivity contribution is -0.127. The molecule has 3 N–H and O–H groups in total. The van der Waals surface area contributed by atoms with Crippen molar-refractivity contribution in [3.8, 4) is 0 Å². The molecule has 0 unspecified atom stereocenters. The van der Waals surface area contributed by atoms with E-state index in [1.165, 1.54) is 12.1 Å². The van der Waals surface area contributed by atoms with Gasteiger partial charge in [-0.25, -0.2) is 4.79 Å². The minimum atomic E-state index is -1.11. The molecule has 1 saturated heterocycles. The van der Waals surface area contributed by atoms with E-state index in [1.54, 1.807) is 16.8 Å². The second-order valence-electron chi connectivity index (χ2n) is 4.79. The Hall–Kier alpha value is -1.95. The summed E-state index contributed by atoms with van der Waals surface area (Å²) in [5.41, 5.74) is 6.30. The number of nitrogens with zero attached hydrogens (tertiary/aromatic N) is 2. The molecule has 0 bridgehead atoms. The molecule has 2 rings (SSSR count). The number of anilines is 2. The fourth-order valence-corrected chi connectivity index (χ4v) is 2.63. The van der Waals surface area contributed by atoms with Crippen molar-refractivity contribution in [3.05, 3.63) is 22.7 Å². The summed E-state index contributed by atoms with van der Waals surface area (Å²) in [6.45, 7) is 1.32. The van der Waals surface area contributed by atoms with Crippen LogP contribution in [0.4, 0.5) is 11.4 Å². The number of aromatic carboxylic acids is 1. The Morgan fingerprint density at radius 3 is 2.75 bits per heavy atom. The van der Waals surface area contributed by atoms with Gasteiger partial charge in [-0.2, -0.15) is 0 Å². The summed E-state index contributed by atoms with van der Waals surface area (Å²) in [4.78, 5) is 26.6. The number of carboxylic acids is 1. The largest absolute Gasteiger partial charge is 0.478 e. The normalized spacial score (nSPS) is 16.2. The van der Waals surface area contributed by atoms with Crippen LogP contribution in [-0.4, -0.2) is 48.6 Å². The predicted molar refractivity (Wildman–Crippen MR) is 77.3 cm³/mol. The molecular formula is C13H16ClN3O3. The lowest BCUT2D eigenvalue weighted by atomic mass is 10.1. The summed E-state index contributed by atoms with van der Waals surface area (Å²) in [7, 11) is 1.73. The summed E-state index contributed by atoms with van der Waals surface area (Å²) >= 11 is 6.14. The zero-order valence-electron chi connectivity index (χ0n) is 11.1. The number of carbonyl (C=O) groups excluding carboxylic acids is 1. The molecule has 0 spiro atoms. The number of carbonyl (C=O) groups is 2. The number of rotatable bonds is 2. The van der Waals surface area contributed by atoms with Gasteiger partial charge >= 0.3 is 5.97 Å². The molecule has 0 radical (unpaired) electrons. The van der Waals surface area contributed by atoms with Crippen LogP contribution < -0.4 is 10.6 Å². The maximum absolute atomic E-state index is 11.9. The van der Waals surface area contributed by atoms with Crippen LogP contribution in [0.2, 0.25) is 5.02 Å². The van der Waals surface area contributed by atoms with Crippen molar-refractivity contribution < 1.29 is 14.7 Å². The highest BCUT2D eigenvalue weighted by molar-refractivity contribution is 6.34. The van der Waals surface area contributed by atoms with E-state index in [0.29, 0.717) is 18.8 Å². The van der Waals surface area contributed by atoms with Gasteiger partial charge in [0.1, 0.15) is 0 Å². The average molecular weight is 298 g/mol. The van der Waals surface area contributed by atoms with Gasteiger partial charge in [0, 0.05) is 25.8 Å².